The highest BCUT2D eigenvalue weighted by Crippen LogP contribution is 2.32. The van der Waals surface area contributed by atoms with Gasteiger partial charge in [0.05, 0.1) is 35.8 Å². The first kappa shape index (κ1) is 18.1. The second kappa shape index (κ2) is 7.40. The number of thiazole rings is 1. The molecule has 0 aliphatic heterocycles. The molecule has 28 heavy (non-hydrogen) atoms. The molecule has 142 valence electrons. The Bertz CT molecular complexity index is 1120. The van der Waals surface area contributed by atoms with Crippen LogP contribution in [-0.4, -0.2) is 32.8 Å². The van der Waals surface area contributed by atoms with Crippen LogP contribution in [0.15, 0.2) is 48.8 Å². The van der Waals surface area contributed by atoms with Crippen LogP contribution in [0.25, 0.3) is 10.2 Å². The first-order chi connectivity index (χ1) is 13.6. The average molecular weight is 393 g/mol. The molecular weight excluding hydrogens is 374 g/mol. The SMILES string of the molecule is COc1ccc2sc(N(Cc3ccccn3)C(=O)c3c(C)cnn3C)nc2c1. The summed E-state index contributed by atoms with van der Waals surface area (Å²) in [5.41, 5.74) is 2.93. The van der Waals surface area contributed by atoms with Crippen molar-refractivity contribution in [2.75, 3.05) is 12.0 Å². The summed E-state index contributed by atoms with van der Waals surface area (Å²) < 4.78 is 7.87. The smallest absolute Gasteiger partial charge is 0.278 e. The number of amides is 1. The summed E-state index contributed by atoms with van der Waals surface area (Å²) in [6.07, 6.45) is 3.41. The Morgan fingerprint density at radius 1 is 1.29 bits per heavy atom. The van der Waals surface area contributed by atoms with Gasteiger partial charge in [-0.25, -0.2) is 4.98 Å². The van der Waals surface area contributed by atoms with Gasteiger partial charge >= 0.3 is 0 Å². The number of hydrogen-bond acceptors (Lipinski definition) is 6. The van der Waals surface area contributed by atoms with Gasteiger partial charge in [0.15, 0.2) is 5.13 Å². The highest BCUT2D eigenvalue weighted by atomic mass is 32.1. The number of pyridine rings is 1. The Hall–Kier alpha value is -3.26. The van der Waals surface area contributed by atoms with Gasteiger partial charge in [-0.05, 0) is 36.8 Å². The molecule has 0 spiro atoms. The predicted molar refractivity (Wildman–Crippen MR) is 109 cm³/mol. The van der Waals surface area contributed by atoms with Crippen molar-refractivity contribution in [1.82, 2.24) is 19.7 Å². The molecule has 0 atom stereocenters. The second-order valence-electron chi connectivity index (χ2n) is 6.34. The number of ether oxygens (including phenoxy) is 1. The molecule has 0 saturated heterocycles. The number of methoxy groups -OCH3 is 1. The van der Waals surface area contributed by atoms with Gasteiger partial charge in [-0.2, -0.15) is 5.10 Å². The third-order valence-corrected chi connectivity index (χ3v) is 5.49. The van der Waals surface area contributed by atoms with Crippen LogP contribution in [-0.2, 0) is 13.6 Å². The molecular formula is C20H19N5O2S. The van der Waals surface area contributed by atoms with Crippen LogP contribution in [0.2, 0.25) is 0 Å². The van der Waals surface area contributed by atoms with E-state index in [1.807, 2.05) is 43.3 Å². The van der Waals surface area contributed by atoms with E-state index in [-0.39, 0.29) is 5.91 Å². The van der Waals surface area contributed by atoms with Crippen molar-refractivity contribution in [3.8, 4) is 5.75 Å². The Labute approximate surface area is 166 Å². The number of benzene rings is 1. The third kappa shape index (κ3) is 3.34. The van der Waals surface area contributed by atoms with E-state index in [0.717, 1.165) is 27.2 Å². The Morgan fingerprint density at radius 2 is 2.14 bits per heavy atom. The van der Waals surface area contributed by atoms with E-state index >= 15 is 0 Å². The van der Waals surface area contributed by atoms with Crippen LogP contribution in [0.4, 0.5) is 5.13 Å². The van der Waals surface area contributed by atoms with E-state index in [0.29, 0.717) is 17.4 Å². The van der Waals surface area contributed by atoms with Crippen molar-refractivity contribution < 1.29 is 9.53 Å². The molecule has 7 nitrogen and oxygen atoms in total. The van der Waals surface area contributed by atoms with Gasteiger partial charge in [0.1, 0.15) is 11.4 Å². The highest BCUT2D eigenvalue weighted by Gasteiger charge is 2.26. The number of rotatable bonds is 5. The Balaban J connectivity index is 1.79. The maximum Gasteiger partial charge on any atom is 0.278 e. The standard InChI is InChI=1S/C20H19N5O2S/c1-13-11-22-24(2)18(13)19(26)25(12-14-6-4-5-9-21-14)20-23-16-10-15(27-3)7-8-17(16)28-20/h4-11H,12H2,1-3H3. The van der Waals surface area contributed by atoms with Crippen LogP contribution >= 0.6 is 11.3 Å². The Kier molecular flexibility index (Phi) is 4.79. The number of hydrogen-bond donors (Lipinski definition) is 0. The predicted octanol–water partition coefficient (Wildman–Crippen LogP) is 3.59. The lowest BCUT2D eigenvalue weighted by Gasteiger charge is -2.20. The molecule has 0 N–H and O–H groups in total. The molecule has 1 aromatic carbocycles. The summed E-state index contributed by atoms with van der Waals surface area (Å²) in [7, 11) is 3.39. The molecule has 0 aliphatic carbocycles. The number of aromatic nitrogens is 4. The normalized spacial score (nSPS) is 11.0. The summed E-state index contributed by atoms with van der Waals surface area (Å²) >= 11 is 1.46. The molecule has 0 unspecified atom stereocenters. The molecule has 4 rings (SSSR count). The van der Waals surface area contributed by atoms with Crippen LogP contribution in [0, 0.1) is 6.92 Å². The number of carbonyl (C=O) groups is 1. The van der Waals surface area contributed by atoms with Gasteiger partial charge in [-0.15, -0.1) is 0 Å². The summed E-state index contributed by atoms with van der Waals surface area (Å²) in [6.45, 7) is 2.20. The molecule has 0 saturated carbocycles. The van der Waals surface area contributed by atoms with Crippen LogP contribution in [0.5, 0.6) is 5.75 Å². The largest absolute Gasteiger partial charge is 0.497 e. The fourth-order valence-electron chi connectivity index (χ4n) is 3.00. The number of carbonyl (C=O) groups excluding carboxylic acids is 1. The zero-order valence-corrected chi connectivity index (χ0v) is 16.6. The summed E-state index contributed by atoms with van der Waals surface area (Å²) in [6, 6.07) is 11.4. The van der Waals surface area contributed by atoms with E-state index in [1.165, 1.54) is 11.3 Å². The van der Waals surface area contributed by atoms with E-state index in [2.05, 4.69) is 10.1 Å². The van der Waals surface area contributed by atoms with Gasteiger partial charge < -0.3 is 4.74 Å². The lowest BCUT2D eigenvalue weighted by atomic mass is 10.2. The summed E-state index contributed by atoms with van der Waals surface area (Å²) in [5.74, 6) is 0.573. The zero-order chi connectivity index (χ0) is 19.7. The minimum atomic E-state index is -0.158. The molecule has 8 heteroatoms. The van der Waals surface area contributed by atoms with Gasteiger partial charge in [-0.3, -0.25) is 19.4 Å². The van der Waals surface area contributed by atoms with Gasteiger partial charge in [-0.1, -0.05) is 17.4 Å². The number of nitrogens with zero attached hydrogens (tertiary/aromatic N) is 5. The minimum Gasteiger partial charge on any atom is -0.497 e. The van der Waals surface area contributed by atoms with E-state index in [1.54, 1.807) is 36.1 Å². The van der Waals surface area contributed by atoms with E-state index in [4.69, 9.17) is 9.72 Å². The second-order valence-corrected chi connectivity index (χ2v) is 7.35. The first-order valence-electron chi connectivity index (χ1n) is 8.72. The van der Waals surface area contributed by atoms with Crippen molar-refractivity contribution in [2.24, 2.45) is 7.05 Å². The topological polar surface area (TPSA) is 73.1 Å². The lowest BCUT2D eigenvalue weighted by molar-refractivity contribution is 0.0975. The molecule has 0 bridgehead atoms. The molecule has 0 radical (unpaired) electrons. The molecule has 3 heterocycles. The summed E-state index contributed by atoms with van der Waals surface area (Å²) in [5, 5.41) is 4.82. The number of fused-ring (bicyclic) bond motifs is 1. The van der Waals surface area contributed by atoms with Crippen LogP contribution in [0.1, 0.15) is 21.7 Å². The summed E-state index contributed by atoms with van der Waals surface area (Å²) in [4.78, 5) is 24.2. The monoisotopic (exact) mass is 393 g/mol. The van der Waals surface area contributed by atoms with Crippen molar-refractivity contribution >= 4 is 32.6 Å². The molecule has 4 aromatic rings. The first-order valence-corrected chi connectivity index (χ1v) is 9.53. The van der Waals surface area contributed by atoms with E-state index in [9.17, 15) is 4.79 Å². The quantitative estimate of drug-likeness (QED) is 0.518. The fourth-order valence-corrected chi connectivity index (χ4v) is 3.94. The maximum absolute atomic E-state index is 13.4. The third-order valence-electron chi connectivity index (χ3n) is 4.43. The number of anilines is 1. The van der Waals surface area contributed by atoms with Crippen molar-refractivity contribution in [3.05, 3.63) is 65.7 Å². The molecule has 0 fully saturated rings. The van der Waals surface area contributed by atoms with E-state index < -0.39 is 0 Å². The molecule has 0 aliphatic rings. The zero-order valence-electron chi connectivity index (χ0n) is 15.8. The fraction of sp³-hybridized carbons (Fsp3) is 0.200. The van der Waals surface area contributed by atoms with Gasteiger partial charge in [0.25, 0.3) is 5.91 Å². The molecule has 1 amide bonds. The van der Waals surface area contributed by atoms with Gasteiger partial charge in [0, 0.05) is 19.3 Å². The maximum atomic E-state index is 13.4. The van der Waals surface area contributed by atoms with Crippen molar-refractivity contribution in [1.29, 1.82) is 0 Å². The van der Waals surface area contributed by atoms with Crippen molar-refractivity contribution in [3.63, 3.8) is 0 Å². The average Bonchev–Trinajstić information content (AvgIpc) is 3.28. The highest BCUT2D eigenvalue weighted by molar-refractivity contribution is 7.22. The van der Waals surface area contributed by atoms with Crippen LogP contribution < -0.4 is 9.64 Å². The number of aryl methyl sites for hydroxylation is 2. The van der Waals surface area contributed by atoms with Crippen molar-refractivity contribution in [2.45, 2.75) is 13.5 Å². The molecule has 3 aromatic heterocycles. The lowest BCUT2D eigenvalue weighted by Crippen LogP contribution is -2.32. The minimum absolute atomic E-state index is 0.158. The Morgan fingerprint density at radius 3 is 2.82 bits per heavy atom. The van der Waals surface area contributed by atoms with Crippen LogP contribution in [0.3, 0.4) is 0 Å². The van der Waals surface area contributed by atoms with Gasteiger partial charge in [0.2, 0.25) is 0 Å².